The zero-order valence-electron chi connectivity index (χ0n) is 7.83. The molecule has 0 heterocycles. The smallest absolute Gasteiger partial charge is 0.126 e. The van der Waals surface area contributed by atoms with Crippen molar-refractivity contribution in [2.75, 3.05) is 6.61 Å². The van der Waals surface area contributed by atoms with Gasteiger partial charge in [0.15, 0.2) is 0 Å². The van der Waals surface area contributed by atoms with Crippen LogP contribution in [0.1, 0.15) is 31.2 Å². The Morgan fingerprint density at radius 3 is 2.62 bits per heavy atom. The Kier molecular flexibility index (Phi) is 3.90. The molecule has 1 aromatic carbocycles. The Balaban J connectivity index is 2.84. The molecule has 0 aliphatic rings. The molecule has 0 amide bonds. The lowest BCUT2D eigenvalue weighted by Crippen LogP contribution is -2.05. The highest BCUT2D eigenvalue weighted by Crippen LogP contribution is 2.22. The summed E-state index contributed by atoms with van der Waals surface area (Å²) in [6.07, 6.45) is 1.79. The third kappa shape index (κ3) is 2.52. The van der Waals surface area contributed by atoms with Gasteiger partial charge in [-0.2, -0.15) is 0 Å². The maximum absolute atomic E-state index is 13.2. The molecule has 0 aromatic heterocycles. The second-order valence-electron chi connectivity index (χ2n) is 3.19. The van der Waals surface area contributed by atoms with Gasteiger partial charge in [-0.25, -0.2) is 4.39 Å². The first-order valence-electron chi connectivity index (χ1n) is 4.64. The number of hydrogen-bond donors (Lipinski definition) is 1. The predicted octanol–water partition coefficient (Wildman–Crippen LogP) is 2.70. The lowest BCUT2D eigenvalue weighted by molar-refractivity contribution is 0.255. The molecule has 0 aliphatic carbocycles. The summed E-state index contributed by atoms with van der Waals surface area (Å²) in [6, 6.07) is 6.65. The van der Waals surface area contributed by atoms with Gasteiger partial charge in [-0.15, -0.1) is 0 Å². The third-order valence-corrected chi connectivity index (χ3v) is 2.20. The summed E-state index contributed by atoms with van der Waals surface area (Å²) in [7, 11) is 0. The van der Waals surface area contributed by atoms with Crippen LogP contribution in [0, 0.1) is 5.82 Å². The number of rotatable bonds is 4. The molecule has 0 aliphatic heterocycles. The Morgan fingerprint density at radius 2 is 2.08 bits per heavy atom. The molecular weight excluding hydrogens is 167 g/mol. The van der Waals surface area contributed by atoms with E-state index in [9.17, 15) is 4.39 Å². The van der Waals surface area contributed by atoms with Gasteiger partial charge in [-0.3, -0.25) is 0 Å². The Labute approximate surface area is 78.2 Å². The summed E-state index contributed by atoms with van der Waals surface area (Å²) in [5.74, 6) is -0.263. The molecule has 13 heavy (non-hydrogen) atoms. The van der Waals surface area contributed by atoms with Crippen molar-refractivity contribution >= 4 is 0 Å². The highest BCUT2D eigenvalue weighted by molar-refractivity contribution is 5.21. The van der Waals surface area contributed by atoms with Crippen LogP contribution in [0.5, 0.6) is 0 Å². The van der Waals surface area contributed by atoms with E-state index in [2.05, 4.69) is 0 Å². The van der Waals surface area contributed by atoms with Crippen LogP contribution in [0.25, 0.3) is 0 Å². The second-order valence-corrected chi connectivity index (χ2v) is 3.19. The highest BCUT2D eigenvalue weighted by Gasteiger charge is 2.12. The minimum atomic E-state index is -0.213. The predicted molar refractivity (Wildman–Crippen MR) is 51.1 cm³/mol. The molecule has 0 fully saturated rings. The van der Waals surface area contributed by atoms with Crippen LogP contribution in [0.4, 0.5) is 4.39 Å². The first kappa shape index (κ1) is 10.2. The standard InChI is InChI=1S/C11H15FO/c1-2-5-9(8-13)10-6-3-4-7-11(10)12/h3-4,6-7,9,13H,2,5,8H2,1H3. The molecule has 0 spiro atoms. The van der Waals surface area contributed by atoms with E-state index in [-0.39, 0.29) is 18.3 Å². The van der Waals surface area contributed by atoms with Crippen molar-refractivity contribution in [2.24, 2.45) is 0 Å². The van der Waals surface area contributed by atoms with Gasteiger partial charge < -0.3 is 5.11 Å². The Bertz CT molecular complexity index is 260. The topological polar surface area (TPSA) is 20.2 Å². The number of benzene rings is 1. The summed E-state index contributed by atoms with van der Waals surface area (Å²) >= 11 is 0. The largest absolute Gasteiger partial charge is 0.396 e. The van der Waals surface area contributed by atoms with Crippen molar-refractivity contribution in [3.8, 4) is 0 Å². The molecule has 1 rings (SSSR count). The van der Waals surface area contributed by atoms with Crippen LogP contribution in [0.3, 0.4) is 0 Å². The molecule has 1 nitrogen and oxygen atoms in total. The van der Waals surface area contributed by atoms with Crippen LogP contribution in [0.2, 0.25) is 0 Å². The van der Waals surface area contributed by atoms with Crippen molar-refractivity contribution in [3.05, 3.63) is 35.6 Å². The Hall–Kier alpha value is -0.890. The van der Waals surface area contributed by atoms with Crippen molar-refractivity contribution in [1.82, 2.24) is 0 Å². The van der Waals surface area contributed by atoms with Crippen molar-refractivity contribution < 1.29 is 9.50 Å². The van der Waals surface area contributed by atoms with Gasteiger partial charge in [0, 0.05) is 5.92 Å². The van der Waals surface area contributed by atoms with E-state index in [1.807, 2.05) is 6.92 Å². The van der Waals surface area contributed by atoms with Crippen molar-refractivity contribution in [3.63, 3.8) is 0 Å². The molecule has 2 heteroatoms. The van der Waals surface area contributed by atoms with Gasteiger partial charge in [0.1, 0.15) is 5.82 Å². The lowest BCUT2D eigenvalue weighted by Gasteiger charge is -2.13. The summed E-state index contributed by atoms with van der Waals surface area (Å²) in [6.45, 7) is 2.05. The first-order chi connectivity index (χ1) is 6.29. The minimum Gasteiger partial charge on any atom is -0.396 e. The SMILES string of the molecule is CCCC(CO)c1ccccc1F. The van der Waals surface area contributed by atoms with Crippen LogP contribution in [0.15, 0.2) is 24.3 Å². The van der Waals surface area contributed by atoms with E-state index < -0.39 is 0 Å². The average molecular weight is 182 g/mol. The number of hydrogen-bond acceptors (Lipinski definition) is 1. The third-order valence-electron chi connectivity index (χ3n) is 2.20. The molecule has 0 saturated carbocycles. The monoisotopic (exact) mass is 182 g/mol. The summed E-state index contributed by atoms with van der Waals surface area (Å²) in [5, 5.41) is 9.07. The van der Waals surface area contributed by atoms with Gasteiger partial charge in [-0.05, 0) is 18.1 Å². The fourth-order valence-electron chi connectivity index (χ4n) is 1.50. The maximum Gasteiger partial charge on any atom is 0.126 e. The fraction of sp³-hybridized carbons (Fsp3) is 0.455. The zero-order valence-corrected chi connectivity index (χ0v) is 7.83. The lowest BCUT2D eigenvalue weighted by atomic mass is 9.95. The van der Waals surface area contributed by atoms with E-state index >= 15 is 0 Å². The summed E-state index contributed by atoms with van der Waals surface area (Å²) < 4.78 is 13.2. The normalized spacial score (nSPS) is 12.8. The van der Waals surface area contributed by atoms with E-state index in [1.54, 1.807) is 18.2 Å². The first-order valence-corrected chi connectivity index (χ1v) is 4.64. The quantitative estimate of drug-likeness (QED) is 0.759. The van der Waals surface area contributed by atoms with E-state index in [0.717, 1.165) is 12.8 Å². The maximum atomic E-state index is 13.2. The molecular formula is C11H15FO. The summed E-state index contributed by atoms with van der Waals surface area (Å²) in [5.41, 5.74) is 0.631. The average Bonchev–Trinajstić information content (AvgIpc) is 2.16. The molecule has 1 atom stereocenters. The minimum absolute atomic E-state index is 0.0226. The molecule has 1 N–H and O–H groups in total. The van der Waals surface area contributed by atoms with Gasteiger partial charge in [0.25, 0.3) is 0 Å². The molecule has 0 bridgehead atoms. The molecule has 1 aromatic rings. The van der Waals surface area contributed by atoms with Crippen LogP contribution in [-0.4, -0.2) is 11.7 Å². The molecule has 0 radical (unpaired) electrons. The number of aliphatic hydroxyl groups is 1. The van der Waals surface area contributed by atoms with E-state index in [0.29, 0.717) is 5.56 Å². The van der Waals surface area contributed by atoms with Crippen molar-refractivity contribution in [2.45, 2.75) is 25.7 Å². The zero-order chi connectivity index (χ0) is 9.68. The van der Waals surface area contributed by atoms with Gasteiger partial charge in [-0.1, -0.05) is 31.5 Å². The van der Waals surface area contributed by atoms with Crippen LogP contribution >= 0.6 is 0 Å². The van der Waals surface area contributed by atoms with E-state index in [1.165, 1.54) is 6.07 Å². The van der Waals surface area contributed by atoms with Gasteiger partial charge in [0.2, 0.25) is 0 Å². The van der Waals surface area contributed by atoms with Gasteiger partial charge in [0.05, 0.1) is 6.61 Å². The number of halogens is 1. The van der Waals surface area contributed by atoms with Gasteiger partial charge >= 0.3 is 0 Å². The highest BCUT2D eigenvalue weighted by atomic mass is 19.1. The second kappa shape index (κ2) is 4.97. The fourth-order valence-corrected chi connectivity index (χ4v) is 1.50. The van der Waals surface area contributed by atoms with Crippen LogP contribution < -0.4 is 0 Å². The Morgan fingerprint density at radius 1 is 1.38 bits per heavy atom. The summed E-state index contributed by atoms with van der Waals surface area (Å²) in [4.78, 5) is 0. The molecule has 72 valence electrons. The molecule has 1 unspecified atom stereocenters. The van der Waals surface area contributed by atoms with Crippen LogP contribution in [-0.2, 0) is 0 Å². The molecule has 0 saturated heterocycles. The van der Waals surface area contributed by atoms with Crippen molar-refractivity contribution in [1.29, 1.82) is 0 Å². The number of aliphatic hydroxyl groups excluding tert-OH is 1. The van der Waals surface area contributed by atoms with E-state index in [4.69, 9.17) is 5.11 Å².